The molecule has 0 saturated carbocycles. The van der Waals surface area contributed by atoms with Crippen LogP contribution in [-0.2, 0) is 4.74 Å². The smallest absolute Gasteiger partial charge is 0.0501 e. The lowest BCUT2D eigenvalue weighted by Gasteiger charge is -2.38. The van der Waals surface area contributed by atoms with E-state index in [9.17, 15) is 5.11 Å². The Morgan fingerprint density at radius 3 is 2.50 bits per heavy atom. The zero-order valence-corrected chi connectivity index (χ0v) is 10.9. The molecule has 0 spiro atoms. The minimum atomic E-state index is 0.0964. The van der Waals surface area contributed by atoms with Crippen molar-refractivity contribution in [3.8, 4) is 0 Å². The molecule has 0 amide bonds. The predicted octanol–water partition coefficient (Wildman–Crippen LogP) is 1.90. The molecule has 16 heavy (non-hydrogen) atoms. The first-order chi connectivity index (χ1) is 7.72. The van der Waals surface area contributed by atoms with E-state index < -0.39 is 0 Å². The highest BCUT2D eigenvalue weighted by Crippen LogP contribution is 2.30. The lowest BCUT2D eigenvalue weighted by molar-refractivity contribution is -0.0309. The number of hydrogen-bond donors (Lipinski definition) is 1. The van der Waals surface area contributed by atoms with Crippen LogP contribution >= 0.6 is 0 Å². The molecule has 1 aliphatic heterocycles. The quantitative estimate of drug-likeness (QED) is 0.677. The zero-order chi connectivity index (χ0) is 11.9. The number of ether oxygens (including phenoxy) is 1. The van der Waals surface area contributed by atoms with Gasteiger partial charge < -0.3 is 14.7 Å². The summed E-state index contributed by atoms with van der Waals surface area (Å²) in [5, 5.41) is 9.58. The van der Waals surface area contributed by atoms with Crippen LogP contribution in [0.1, 0.15) is 39.0 Å². The lowest BCUT2D eigenvalue weighted by atomic mass is 9.80. The van der Waals surface area contributed by atoms with Crippen molar-refractivity contribution in [1.82, 2.24) is 4.90 Å². The summed E-state index contributed by atoms with van der Waals surface area (Å²) >= 11 is 0. The fourth-order valence-electron chi connectivity index (χ4n) is 2.45. The third kappa shape index (κ3) is 4.40. The third-order valence-corrected chi connectivity index (χ3v) is 3.64. The second-order valence-electron chi connectivity index (χ2n) is 5.22. The molecule has 1 aliphatic rings. The first kappa shape index (κ1) is 13.9. The molecule has 1 N–H and O–H groups in total. The molecule has 0 unspecified atom stereocenters. The number of aliphatic hydroxyl groups excluding tert-OH is 1. The van der Waals surface area contributed by atoms with Gasteiger partial charge in [-0.25, -0.2) is 0 Å². The Bertz CT molecular complexity index is 179. The van der Waals surface area contributed by atoms with E-state index >= 15 is 0 Å². The van der Waals surface area contributed by atoms with Crippen molar-refractivity contribution >= 4 is 0 Å². The summed E-state index contributed by atoms with van der Waals surface area (Å²) in [6, 6.07) is 0. The maximum atomic E-state index is 9.58. The van der Waals surface area contributed by atoms with Gasteiger partial charge in [-0.3, -0.25) is 0 Å². The fourth-order valence-corrected chi connectivity index (χ4v) is 2.45. The highest BCUT2D eigenvalue weighted by molar-refractivity contribution is 4.83. The van der Waals surface area contributed by atoms with E-state index in [2.05, 4.69) is 18.9 Å². The summed E-state index contributed by atoms with van der Waals surface area (Å²) in [6.45, 7) is 6.31. The Labute approximate surface area is 99.8 Å². The summed E-state index contributed by atoms with van der Waals surface area (Å²) in [4.78, 5) is 2.37. The predicted molar refractivity (Wildman–Crippen MR) is 66.6 cm³/mol. The summed E-state index contributed by atoms with van der Waals surface area (Å²) in [5.74, 6) is 0. The topological polar surface area (TPSA) is 32.7 Å². The summed E-state index contributed by atoms with van der Waals surface area (Å²) < 4.78 is 5.38. The minimum Gasteiger partial charge on any atom is -0.396 e. The number of nitrogens with zero attached hydrogens (tertiary/aromatic N) is 1. The molecule has 0 aromatic carbocycles. The van der Waals surface area contributed by atoms with Gasteiger partial charge in [-0.05, 0) is 32.9 Å². The van der Waals surface area contributed by atoms with Gasteiger partial charge in [0.15, 0.2) is 0 Å². The average Bonchev–Trinajstić information content (AvgIpc) is 2.30. The zero-order valence-electron chi connectivity index (χ0n) is 10.9. The van der Waals surface area contributed by atoms with Crippen molar-refractivity contribution in [2.24, 2.45) is 5.41 Å². The number of unbranched alkanes of at least 4 members (excludes halogenated alkanes) is 2. The standard InChI is InChI=1S/C13H27NO2/c1-3-4-5-8-14(2)11-13(12-15)6-9-16-10-7-13/h15H,3-12H2,1-2H3. The molecule has 1 heterocycles. The fraction of sp³-hybridized carbons (Fsp3) is 1.00. The highest BCUT2D eigenvalue weighted by Gasteiger charge is 2.32. The number of rotatable bonds is 7. The van der Waals surface area contributed by atoms with E-state index in [0.717, 1.165) is 39.1 Å². The molecule has 0 aromatic rings. The van der Waals surface area contributed by atoms with Crippen LogP contribution in [0.5, 0.6) is 0 Å². The van der Waals surface area contributed by atoms with Gasteiger partial charge in [0, 0.05) is 25.2 Å². The Balaban J connectivity index is 2.30. The maximum Gasteiger partial charge on any atom is 0.0501 e. The van der Waals surface area contributed by atoms with Crippen LogP contribution in [0.25, 0.3) is 0 Å². The molecule has 3 heteroatoms. The second kappa shape index (κ2) is 7.25. The maximum absolute atomic E-state index is 9.58. The van der Waals surface area contributed by atoms with E-state index in [1.807, 2.05) is 0 Å². The molecular weight excluding hydrogens is 202 g/mol. The minimum absolute atomic E-state index is 0.0964. The second-order valence-corrected chi connectivity index (χ2v) is 5.22. The van der Waals surface area contributed by atoms with Gasteiger partial charge in [-0.1, -0.05) is 19.8 Å². The van der Waals surface area contributed by atoms with Crippen molar-refractivity contribution in [3.63, 3.8) is 0 Å². The van der Waals surface area contributed by atoms with Crippen LogP contribution in [0, 0.1) is 5.41 Å². The highest BCUT2D eigenvalue weighted by atomic mass is 16.5. The molecule has 1 fully saturated rings. The van der Waals surface area contributed by atoms with Gasteiger partial charge in [0.1, 0.15) is 0 Å². The molecule has 1 saturated heterocycles. The van der Waals surface area contributed by atoms with E-state index in [-0.39, 0.29) is 5.41 Å². The van der Waals surface area contributed by atoms with Gasteiger partial charge in [-0.15, -0.1) is 0 Å². The molecule has 0 bridgehead atoms. The Kier molecular flexibility index (Phi) is 6.32. The molecule has 96 valence electrons. The molecule has 3 nitrogen and oxygen atoms in total. The first-order valence-electron chi connectivity index (χ1n) is 6.59. The third-order valence-electron chi connectivity index (χ3n) is 3.64. The van der Waals surface area contributed by atoms with Crippen molar-refractivity contribution in [2.45, 2.75) is 39.0 Å². The summed E-state index contributed by atoms with van der Waals surface area (Å²) in [7, 11) is 2.17. The SMILES string of the molecule is CCCCCN(C)CC1(CO)CCOCC1. The molecule has 0 aromatic heterocycles. The van der Waals surface area contributed by atoms with Crippen LogP contribution in [0.2, 0.25) is 0 Å². The summed E-state index contributed by atoms with van der Waals surface area (Å²) in [5.41, 5.74) is 0.0964. The molecule has 0 aliphatic carbocycles. The molecule has 1 rings (SSSR count). The van der Waals surface area contributed by atoms with Gasteiger partial charge in [0.05, 0.1) is 6.61 Å². The van der Waals surface area contributed by atoms with Crippen LogP contribution in [0.3, 0.4) is 0 Å². The molecule has 0 atom stereocenters. The van der Waals surface area contributed by atoms with Gasteiger partial charge in [-0.2, -0.15) is 0 Å². The van der Waals surface area contributed by atoms with Crippen molar-refractivity contribution in [3.05, 3.63) is 0 Å². The van der Waals surface area contributed by atoms with Crippen molar-refractivity contribution in [2.75, 3.05) is 40.0 Å². The van der Waals surface area contributed by atoms with Crippen LogP contribution < -0.4 is 0 Å². The molecule has 0 radical (unpaired) electrons. The van der Waals surface area contributed by atoms with Gasteiger partial charge in [0.2, 0.25) is 0 Å². The van der Waals surface area contributed by atoms with Crippen molar-refractivity contribution in [1.29, 1.82) is 0 Å². The van der Waals surface area contributed by atoms with E-state index in [1.54, 1.807) is 0 Å². The van der Waals surface area contributed by atoms with Crippen molar-refractivity contribution < 1.29 is 9.84 Å². The number of hydrogen-bond acceptors (Lipinski definition) is 3. The van der Waals surface area contributed by atoms with Gasteiger partial charge >= 0.3 is 0 Å². The van der Waals surface area contributed by atoms with E-state index in [0.29, 0.717) is 6.61 Å². The first-order valence-corrected chi connectivity index (χ1v) is 6.59. The Hall–Kier alpha value is -0.120. The molecular formula is C13H27NO2. The van der Waals surface area contributed by atoms with Gasteiger partial charge in [0.25, 0.3) is 0 Å². The van der Waals surface area contributed by atoms with E-state index in [1.165, 1.54) is 19.3 Å². The summed E-state index contributed by atoms with van der Waals surface area (Å²) in [6.07, 6.45) is 5.85. The van der Waals surface area contributed by atoms with Crippen LogP contribution in [0.4, 0.5) is 0 Å². The largest absolute Gasteiger partial charge is 0.396 e. The van der Waals surface area contributed by atoms with Crippen LogP contribution in [0.15, 0.2) is 0 Å². The number of aliphatic hydroxyl groups is 1. The Morgan fingerprint density at radius 1 is 1.25 bits per heavy atom. The van der Waals surface area contributed by atoms with Crippen LogP contribution in [-0.4, -0.2) is 50.0 Å². The normalized spacial score (nSPS) is 20.2. The lowest BCUT2D eigenvalue weighted by Crippen LogP contribution is -2.42. The Morgan fingerprint density at radius 2 is 1.94 bits per heavy atom. The average molecular weight is 229 g/mol. The monoisotopic (exact) mass is 229 g/mol. The van der Waals surface area contributed by atoms with E-state index in [4.69, 9.17) is 4.74 Å².